The molecule has 1 aliphatic rings. The average Bonchev–Trinajstić information content (AvgIpc) is 2.15. The highest BCUT2D eigenvalue weighted by atomic mass is 32.2. The zero-order valence-corrected chi connectivity index (χ0v) is 8.45. The first-order chi connectivity index (χ1) is 6.25. The summed E-state index contributed by atoms with van der Waals surface area (Å²) < 4.78 is 5.26. The number of amides is 1. The van der Waals surface area contributed by atoms with Crippen molar-refractivity contribution >= 4 is 17.7 Å². The van der Waals surface area contributed by atoms with Crippen molar-refractivity contribution in [1.82, 2.24) is 5.32 Å². The lowest BCUT2D eigenvalue weighted by atomic mass is 10.4. The van der Waals surface area contributed by atoms with Crippen LogP contribution in [0.15, 0.2) is 23.3 Å². The second kappa shape index (κ2) is 4.97. The quantitative estimate of drug-likeness (QED) is 0.696. The van der Waals surface area contributed by atoms with Gasteiger partial charge in [0.1, 0.15) is 10.7 Å². The number of hydrogen-bond donors (Lipinski definition) is 1. The van der Waals surface area contributed by atoms with Crippen molar-refractivity contribution in [2.24, 2.45) is 0 Å². The van der Waals surface area contributed by atoms with Gasteiger partial charge < -0.3 is 10.1 Å². The summed E-state index contributed by atoms with van der Waals surface area (Å²) in [5, 5.41) is 2.72. The van der Waals surface area contributed by atoms with E-state index in [4.69, 9.17) is 4.74 Å². The predicted octanol–water partition coefficient (Wildman–Crippen LogP) is 1.28. The summed E-state index contributed by atoms with van der Waals surface area (Å²) >= 11 is 1.54. The number of hydrogen-bond acceptors (Lipinski definition) is 3. The third-order valence-corrected chi connectivity index (χ3v) is 2.71. The van der Waals surface area contributed by atoms with Gasteiger partial charge in [-0.15, -0.1) is 18.3 Å². The molecule has 0 saturated carbocycles. The lowest BCUT2D eigenvalue weighted by Gasteiger charge is -2.17. The first-order valence-electron chi connectivity index (χ1n) is 4.11. The van der Waals surface area contributed by atoms with Gasteiger partial charge in [0.2, 0.25) is 0 Å². The van der Waals surface area contributed by atoms with Gasteiger partial charge in [0.05, 0.1) is 6.61 Å². The molecule has 1 aliphatic heterocycles. The maximum Gasteiger partial charge on any atom is 0.261 e. The predicted molar refractivity (Wildman–Crippen MR) is 54.3 cm³/mol. The van der Waals surface area contributed by atoms with Crippen LogP contribution in [0, 0.1) is 0 Å². The highest BCUT2D eigenvalue weighted by Crippen LogP contribution is 2.24. The van der Waals surface area contributed by atoms with E-state index >= 15 is 0 Å². The monoisotopic (exact) mass is 199 g/mol. The van der Waals surface area contributed by atoms with Crippen molar-refractivity contribution in [1.29, 1.82) is 0 Å². The molecule has 0 aliphatic carbocycles. The Kier molecular flexibility index (Phi) is 3.89. The van der Waals surface area contributed by atoms with Crippen LogP contribution in [0.5, 0.6) is 0 Å². The number of ether oxygens (including phenoxy) is 1. The average molecular weight is 199 g/mol. The van der Waals surface area contributed by atoms with E-state index in [1.54, 1.807) is 6.08 Å². The van der Waals surface area contributed by atoms with E-state index in [1.807, 2.05) is 6.92 Å². The molecule has 1 amide bonds. The van der Waals surface area contributed by atoms with Crippen molar-refractivity contribution in [2.75, 3.05) is 18.9 Å². The van der Waals surface area contributed by atoms with Crippen LogP contribution in [0.25, 0.3) is 0 Å². The van der Waals surface area contributed by atoms with Crippen molar-refractivity contribution in [3.8, 4) is 0 Å². The molecule has 0 saturated heterocycles. The second-order valence-corrected chi connectivity index (χ2v) is 3.69. The Hall–Kier alpha value is -0.900. The number of rotatable bonds is 3. The normalized spacial score (nSPS) is 16.4. The van der Waals surface area contributed by atoms with E-state index in [1.165, 1.54) is 11.8 Å². The molecule has 0 radical (unpaired) electrons. The van der Waals surface area contributed by atoms with Gasteiger partial charge in [0.15, 0.2) is 0 Å². The zero-order chi connectivity index (χ0) is 9.68. The van der Waals surface area contributed by atoms with E-state index in [2.05, 4.69) is 11.9 Å². The summed E-state index contributed by atoms with van der Waals surface area (Å²) in [6.45, 7) is 6.53. The molecule has 1 N–H and O–H groups in total. The Morgan fingerprint density at radius 3 is 3.23 bits per heavy atom. The topological polar surface area (TPSA) is 38.3 Å². The lowest BCUT2D eigenvalue weighted by Crippen LogP contribution is -2.26. The highest BCUT2D eigenvalue weighted by molar-refractivity contribution is 8.04. The summed E-state index contributed by atoms with van der Waals surface area (Å²) in [7, 11) is 0. The molecule has 4 heteroatoms. The van der Waals surface area contributed by atoms with Crippen LogP contribution in [0.2, 0.25) is 0 Å². The summed E-state index contributed by atoms with van der Waals surface area (Å²) in [4.78, 5) is 12.1. The largest absolute Gasteiger partial charge is 0.496 e. The van der Waals surface area contributed by atoms with E-state index in [0.717, 1.165) is 11.5 Å². The summed E-state index contributed by atoms with van der Waals surface area (Å²) in [6, 6.07) is 0. The van der Waals surface area contributed by atoms with Crippen molar-refractivity contribution in [3.05, 3.63) is 23.3 Å². The van der Waals surface area contributed by atoms with Crippen molar-refractivity contribution in [2.45, 2.75) is 6.92 Å². The van der Waals surface area contributed by atoms with E-state index in [9.17, 15) is 4.79 Å². The Balaban J connectivity index is 2.58. The number of thioether (sulfide) groups is 1. The molecule has 0 bridgehead atoms. The number of carbonyl (C=O) groups excluding carboxylic acids is 1. The second-order valence-electron chi connectivity index (χ2n) is 2.58. The SMILES string of the molecule is C=CCNC(=O)C1=C(C)OCCS1. The van der Waals surface area contributed by atoms with E-state index < -0.39 is 0 Å². The standard InChI is InChI=1S/C9H13NO2S/c1-3-4-10-9(11)8-7(2)12-5-6-13-8/h3H,1,4-6H2,2H3,(H,10,11). The van der Waals surface area contributed by atoms with Gasteiger partial charge in [-0.05, 0) is 6.92 Å². The molecule has 1 heterocycles. The van der Waals surface area contributed by atoms with Crippen LogP contribution in [0.1, 0.15) is 6.92 Å². The van der Waals surface area contributed by atoms with Crippen molar-refractivity contribution < 1.29 is 9.53 Å². The Morgan fingerprint density at radius 2 is 2.62 bits per heavy atom. The minimum atomic E-state index is -0.0675. The zero-order valence-electron chi connectivity index (χ0n) is 7.63. The number of carbonyl (C=O) groups is 1. The van der Waals surface area contributed by atoms with Gasteiger partial charge in [-0.1, -0.05) is 6.08 Å². The van der Waals surface area contributed by atoms with Gasteiger partial charge in [-0.3, -0.25) is 4.79 Å². The van der Waals surface area contributed by atoms with Crippen LogP contribution in [-0.4, -0.2) is 24.8 Å². The number of allylic oxidation sites excluding steroid dienone is 1. The van der Waals surface area contributed by atoms with Crippen LogP contribution >= 0.6 is 11.8 Å². The molecule has 3 nitrogen and oxygen atoms in total. The smallest absolute Gasteiger partial charge is 0.261 e. The minimum Gasteiger partial charge on any atom is -0.496 e. The fraction of sp³-hybridized carbons (Fsp3) is 0.444. The molecular weight excluding hydrogens is 186 g/mol. The fourth-order valence-corrected chi connectivity index (χ4v) is 1.81. The number of nitrogens with one attached hydrogen (secondary N) is 1. The molecule has 0 atom stereocenters. The Morgan fingerprint density at radius 1 is 1.85 bits per heavy atom. The lowest BCUT2D eigenvalue weighted by molar-refractivity contribution is -0.116. The van der Waals surface area contributed by atoms with E-state index in [0.29, 0.717) is 18.1 Å². The minimum absolute atomic E-state index is 0.0675. The summed E-state index contributed by atoms with van der Waals surface area (Å²) in [5.74, 6) is 1.49. The van der Waals surface area contributed by atoms with E-state index in [-0.39, 0.29) is 5.91 Å². The molecular formula is C9H13NO2S. The third kappa shape index (κ3) is 2.81. The molecule has 72 valence electrons. The summed E-state index contributed by atoms with van der Waals surface area (Å²) in [6.07, 6.45) is 1.65. The molecule has 0 aromatic heterocycles. The van der Waals surface area contributed by atoms with Crippen LogP contribution in [0.3, 0.4) is 0 Å². The molecule has 1 rings (SSSR count). The fourth-order valence-electron chi connectivity index (χ4n) is 0.976. The highest BCUT2D eigenvalue weighted by Gasteiger charge is 2.17. The van der Waals surface area contributed by atoms with Gasteiger partial charge in [0.25, 0.3) is 5.91 Å². The molecule has 0 spiro atoms. The Bertz CT molecular complexity index is 248. The first-order valence-corrected chi connectivity index (χ1v) is 5.10. The molecule has 13 heavy (non-hydrogen) atoms. The molecule has 0 aromatic carbocycles. The van der Waals surface area contributed by atoms with Crippen LogP contribution in [0.4, 0.5) is 0 Å². The molecule has 0 fully saturated rings. The van der Waals surface area contributed by atoms with Crippen LogP contribution in [-0.2, 0) is 9.53 Å². The van der Waals surface area contributed by atoms with Gasteiger partial charge >= 0.3 is 0 Å². The third-order valence-electron chi connectivity index (χ3n) is 1.58. The van der Waals surface area contributed by atoms with Gasteiger partial charge in [-0.25, -0.2) is 0 Å². The molecule has 0 aromatic rings. The maximum atomic E-state index is 11.4. The van der Waals surface area contributed by atoms with Gasteiger partial charge in [-0.2, -0.15) is 0 Å². The van der Waals surface area contributed by atoms with Gasteiger partial charge in [0, 0.05) is 12.3 Å². The van der Waals surface area contributed by atoms with Crippen molar-refractivity contribution in [3.63, 3.8) is 0 Å². The summed E-state index contributed by atoms with van der Waals surface area (Å²) in [5.41, 5.74) is 0. The van der Waals surface area contributed by atoms with Crippen LogP contribution < -0.4 is 5.32 Å². The first kappa shape index (κ1) is 10.2. The maximum absolute atomic E-state index is 11.4. The Labute approximate surface area is 82.2 Å². The molecule has 0 unspecified atom stereocenters.